The highest BCUT2D eigenvalue weighted by Crippen LogP contribution is 2.21. The van der Waals surface area contributed by atoms with Gasteiger partial charge in [0, 0.05) is 32.1 Å². The van der Waals surface area contributed by atoms with E-state index in [1.54, 1.807) is 5.51 Å². The molecule has 0 spiro atoms. The largest absolute Gasteiger partial charge is 0.335 e. The van der Waals surface area contributed by atoms with Crippen LogP contribution in [-0.2, 0) is 11.3 Å². The Kier molecular flexibility index (Phi) is 5.48. The van der Waals surface area contributed by atoms with E-state index < -0.39 is 0 Å². The zero-order valence-corrected chi connectivity index (χ0v) is 15.5. The lowest BCUT2D eigenvalue weighted by molar-refractivity contribution is -0.133. The summed E-state index contributed by atoms with van der Waals surface area (Å²) in [7, 11) is 0. The van der Waals surface area contributed by atoms with Crippen LogP contribution in [0.3, 0.4) is 0 Å². The molecule has 0 saturated carbocycles. The summed E-state index contributed by atoms with van der Waals surface area (Å²) >= 11 is 1.37. The van der Waals surface area contributed by atoms with Crippen molar-refractivity contribution in [2.24, 2.45) is 0 Å². The molecule has 1 fully saturated rings. The smallest absolute Gasteiger partial charge is 0.265 e. The SMILES string of the molecule is CCC1CN(C(=O)c2scnc2C)CCC(=O)N1Cc1ccccc1. The fraction of sp³-hybridized carbons (Fsp3) is 0.421. The minimum atomic E-state index is -0.00666. The van der Waals surface area contributed by atoms with Gasteiger partial charge in [0.25, 0.3) is 5.91 Å². The van der Waals surface area contributed by atoms with Crippen LogP contribution in [0.1, 0.15) is 40.7 Å². The van der Waals surface area contributed by atoms with Crippen molar-refractivity contribution >= 4 is 23.2 Å². The molecule has 3 rings (SSSR count). The number of benzene rings is 1. The topological polar surface area (TPSA) is 53.5 Å². The Morgan fingerprint density at radius 3 is 2.72 bits per heavy atom. The molecule has 0 N–H and O–H groups in total. The molecule has 1 aromatic heterocycles. The second-order valence-corrected chi connectivity index (χ2v) is 7.19. The molecule has 2 heterocycles. The van der Waals surface area contributed by atoms with Crippen LogP contribution < -0.4 is 0 Å². The summed E-state index contributed by atoms with van der Waals surface area (Å²) in [4.78, 5) is 34.1. The zero-order chi connectivity index (χ0) is 17.8. The van der Waals surface area contributed by atoms with Crippen molar-refractivity contribution in [1.82, 2.24) is 14.8 Å². The van der Waals surface area contributed by atoms with Gasteiger partial charge in [-0.15, -0.1) is 11.3 Å². The number of thiazole rings is 1. The van der Waals surface area contributed by atoms with Crippen LogP contribution in [0.25, 0.3) is 0 Å². The Morgan fingerprint density at radius 2 is 2.08 bits per heavy atom. The van der Waals surface area contributed by atoms with E-state index in [1.165, 1.54) is 11.3 Å². The molecule has 1 unspecified atom stereocenters. The maximum absolute atomic E-state index is 12.8. The molecule has 1 atom stereocenters. The van der Waals surface area contributed by atoms with Crippen molar-refractivity contribution in [2.45, 2.75) is 39.3 Å². The maximum atomic E-state index is 12.8. The molecule has 132 valence electrons. The molecule has 1 aromatic carbocycles. The Morgan fingerprint density at radius 1 is 1.32 bits per heavy atom. The van der Waals surface area contributed by atoms with E-state index in [0.717, 1.165) is 17.7 Å². The number of carbonyl (C=O) groups is 2. The number of aromatic nitrogens is 1. The van der Waals surface area contributed by atoms with E-state index >= 15 is 0 Å². The van der Waals surface area contributed by atoms with E-state index in [1.807, 2.05) is 47.1 Å². The minimum Gasteiger partial charge on any atom is -0.335 e. The summed E-state index contributed by atoms with van der Waals surface area (Å²) in [5.74, 6) is 0.111. The monoisotopic (exact) mass is 357 g/mol. The first kappa shape index (κ1) is 17.6. The van der Waals surface area contributed by atoms with Gasteiger partial charge in [-0.2, -0.15) is 0 Å². The van der Waals surface area contributed by atoms with E-state index in [4.69, 9.17) is 0 Å². The maximum Gasteiger partial charge on any atom is 0.265 e. The highest BCUT2D eigenvalue weighted by Gasteiger charge is 2.31. The zero-order valence-electron chi connectivity index (χ0n) is 14.6. The van der Waals surface area contributed by atoms with Crippen LogP contribution in [-0.4, -0.2) is 45.7 Å². The van der Waals surface area contributed by atoms with E-state index in [-0.39, 0.29) is 17.9 Å². The quantitative estimate of drug-likeness (QED) is 0.845. The van der Waals surface area contributed by atoms with E-state index in [9.17, 15) is 9.59 Å². The second kappa shape index (κ2) is 7.78. The lowest BCUT2D eigenvalue weighted by atomic mass is 10.1. The number of rotatable bonds is 4. The van der Waals surface area contributed by atoms with Crippen molar-refractivity contribution in [3.8, 4) is 0 Å². The average Bonchev–Trinajstić information content (AvgIpc) is 2.99. The lowest BCUT2D eigenvalue weighted by Crippen LogP contribution is -2.43. The fourth-order valence-corrected chi connectivity index (χ4v) is 3.97. The third kappa shape index (κ3) is 3.90. The first-order valence-corrected chi connectivity index (χ1v) is 9.51. The van der Waals surface area contributed by atoms with Gasteiger partial charge in [0.1, 0.15) is 4.88 Å². The van der Waals surface area contributed by atoms with Gasteiger partial charge in [-0.1, -0.05) is 37.3 Å². The Labute approximate surface area is 152 Å². The van der Waals surface area contributed by atoms with Gasteiger partial charge in [-0.05, 0) is 18.9 Å². The molecular weight excluding hydrogens is 334 g/mol. The molecule has 1 aliphatic rings. The van der Waals surface area contributed by atoms with Gasteiger partial charge in [-0.3, -0.25) is 9.59 Å². The molecule has 25 heavy (non-hydrogen) atoms. The Balaban J connectivity index is 1.79. The molecule has 2 amide bonds. The van der Waals surface area contributed by atoms with Gasteiger partial charge in [0.05, 0.1) is 11.2 Å². The highest BCUT2D eigenvalue weighted by atomic mass is 32.1. The van der Waals surface area contributed by atoms with Crippen molar-refractivity contribution in [1.29, 1.82) is 0 Å². The van der Waals surface area contributed by atoms with Gasteiger partial charge in [-0.25, -0.2) is 4.98 Å². The average molecular weight is 357 g/mol. The molecule has 5 nitrogen and oxygen atoms in total. The highest BCUT2D eigenvalue weighted by molar-refractivity contribution is 7.11. The van der Waals surface area contributed by atoms with E-state index in [0.29, 0.717) is 30.9 Å². The molecular formula is C19H23N3O2S. The van der Waals surface area contributed by atoms with Gasteiger partial charge in [0.15, 0.2) is 0 Å². The molecule has 1 aliphatic heterocycles. The van der Waals surface area contributed by atoms with Crippen molar-refractivity contribution < 1.29 is 9.59 Å². The normalized spacial score (nSPS) is 18.3. The first-order chi connectivity index (χ1) is 12.1. The van der Waals surface area contributed by atoms with Gasteiger partial charge in [0.2, 0.25) is 5.91 Å². The number of hydrogen-bond donors (Lipinski definition) is 0. The summed E-state index contributed by atoms with van der Waals surface area (Å²) in [5, 5.41) is 0. The van der Waals surface area contributed by atoms with Crippen molar-refractivity contribution in [3.63, 3.8) is 0 Å². The Bertz CT molecular complexity index is 744. The standard InChI is InChI=1S/C19H23N3O2S/c1-3-16-12-21(19(24)18-14(2)20-13-25-18)10-9-17(23)22(16)11-15-7-5-4-6-8-15/h4-8,13,16H,3,9-12H2,1-2H3. The van der Waals surface area contributed by atoms with Gasteiger partial charge < -0.3 is 9.80 Å². The molecule has 1 saturated heterocycles. The van der Waals surface area contributed by atoms with Crippen molar-refractivity contribution in [3.05, 3.63) is 52.0 Å². The third-order valence-electron chi connectivity index (χ3n) is 4.68. The number of hydrogen-bond acceptors (Lipinski definition) is 4. The van der Waals surface area contributed by atoms with Crippen LogP contribution in [0.4, 0.5) is 0 Å². The van der Waals surface area contributed by atoms with E-state index in [2.05, 4.69) is 11.9 Å². The third-order valence-corrected chi connectivity index (χ3v) is 5.60. The molecule has 6 heteroatoms. The summed E-state index contributed by atoms with van der Waals surface area (Å²) in [6, 6.07) is 10.1. The first-order valence-electron chi connectivity index (χ1n) is 8.63. The van der Waals surface area contributed by atoms with Crippen LogP contribution in [0, 0.1) is 6.92 Å². The molecule has 0 radical (unpaired) electrons. The van der Waals surface area contributed by atoms with Crippen LogP contribution in [0.5, 0.6) is 0 Å². The lowest BCUT2D eigenvalue weighted by Gasteiger charge is -2.31. The summed E-state index contributed by atoms with van der Waals surface area (Å²) in [5.41, 5.74) is 3.58. The molecule has 2 aromatic rings. The van der Waals surface area contributed by atoms with Crippen LogP contribution >= 0.6 is 11.3 Å². The predicted octanol–water partition coefficient (Wildman–Crippen LogP) is 3.10. The van der Waals surface area contributed by atoms with Crippen LogP contribution in [0.2, 0.25) is 0 Å². The molecule has 0 bridgehead atoms. The summed E-state index contributed by atoms with van der Waals surface area (Å²) < 4.78 is 0. The molecule has 0 aliphatic carbocycles. The number of aryl methyl sites for hydroxylation is 1. The van der Waals surface area contributed by atoms with Crippen molar-refractivity contribution in [2.75, 3.05) is 13.1 Å². The minimum absolute atomic E-state index is 0.00666. The fourth-order valence-electron chi connectivity index (χ4n) is 3.20. The van der Waals surface area contributed by atoms with Crippen LogP contribution in [0.15, 0.2) is 35.8 Å². The summed E-state index contributed by atoms with van der Waals surface area (Å²) in [6.45, 7) is 5.56. The number of nitrogens with zero attached hydrogens (tertiary/aromatic N) is 3. The summed E-state index contributed by atoms with van der Waals surface area (Å²) in [6.07, 6.45) is 1.19. The Hall–Kier alpha value is -2.21. The predicted molar refractivity (Wildman–Crippen MR) is 98.4 cm³/mol. The number of carbonyl (C=O) groups excluding carboxylic acids is 2. The second-order valence-electron chi connectivity index (χ2n) is 6.34. The number of amides is 2. The van der Waals surface area contributed by atoms with Gasteiger partial charge >= 0.3 is 0 Å².